The topological polar surface area (TPSA) is 70.0 Å². The predicted octanol–water partition coefficient (Wildman–Crippen LogP) is 2.83. The van der Waals surface area contributed by atoms with Gasteiger partial charge in [-0.15, -0.1) is 0 Å². The summed E-state index contributed by atoms with van der Waals surface area (Å²) in [5.74, 6) is -2.46. The molecule has 0 heterocycles. The van der Waals surface area contributed by atoms with E-state index in [2.05, 4.69) is 4.72 Å². The van der Waals surface area contributed by atoms with Crippen LogP contribution in [0.15, 0.2) is 23.1 Å². The van der Waals surface area contributed by atoms with E-state index in [4.69, 9.17) is 0 Å². The quantitative estimate of drug-likeness (QED) is 0.924. The van der Waals surface area contributed by atoms with Crippen molar-refractivity contribution >= 4 is 10.0 Å². The maximum atomic E-state index is 13.2. The highest BCUT2D eigenvalue weighted by molar-refractivity contribution is 7.89. The van der Waals surface area contributed by atoms with E-state index in [9.17, 15) is 22.5 Å². The second-order valence-electron chi connectivity index (χ2n) is 5.64. The van der Waals surface area contributed by atoms with Gasteiger partial charge in [-0.1, -0.05) is 6.07 Å². The lowest BCUT2D eigenvalue weighted by Crippen LogP contribution is -2.25. The molecular weight excluding hydrogens is 310 g/mol. The normalized spacial score (nSPS) is 18.8. The Morgan fingerprint density at radius 3 is 2.55 bits per heavy atom. The van der Waals surface area contributed by atoms with Crippen molar-refractivity contribution in [3.63, 3.8) is 0 Å². The van der Waals surface area contributed by atoms with Crippen LogP contribution < -0.4 is 4.72 Å². The van der Waals surface area contributed by atoms with Gasteiger partial charge in [0.15, 0.2) is 0 Å². The van der Waals surface area contributed by atoms with Gasteiger partial charge in [-0.3, -0.25) is 0 Å². The molecule has 1 aliphatic carbocycles. The second kappa shape index (κ2) is 6.31. The van der Waals surface area contributed by atoms with E-state index >= 15 is 0 Å². The van der Waals surface area contributed by atoms with E-state index in [1.165, 1.54) is 19.2 Å². The molecule has 120 valence electrons. The van der Waals surface area contributed by atoms with Crippen LogP contribution in [-0.2, 0) is 16.4 Å². The highest BCUT2D eigenvalue weighted by Crippen LogP contribution is 2.37. The van der Waals surface area contributed by atoms with Crippen LogP contribution in [0.2, 0.25) is 0 Å². The van der Waals surface area contributed by atoms with Gasteiger partial charge in [-0.05, 0) is 49.9 Å². The predicted molar refractivity (Wildman–Crippen MR) is 78.0 cm³/mol. The van der Waals surface area contributed by atoms with Crippen LogP contribution >= 0.6 is 0 Å². The minimum Gasteiger partial charge on any atom is -0.214 e. The average Bonchev–Trinajstić information content (AvgIpc) is 2.49. The van der Waals surface area contributed by atoms with Crippen molar-refractivity contribution in [1.29, 1.82) is 5.26 Å². The number of nitriles is 1. The molecule has 1 aromatic rings. The highest BCUT2D eigenvalue weighted by Gasteiger charge is 2.35. The molecule has 0 saturated heterocycles. The molecule has 4 nitrogen and oxygen atoms in total. The zero-order chi connectivity index (χ0) is 16.4. The van der Waals surface area contributed by atoms with Crippen molar-refractivity contribution in [2.24, 2.45) is 5.92 Å². The summed E-state index contributed by atoms with van der Waals surface area (Å²) < 4.78 is 52.0. The number of hydrogen-bond acceptors (Lipinski definition) is 3. The first-order valence-corrected chi connectivity index (χ1v) is 8.60. The molecule has 1 N–H and O–H groups in total. The number of sulfonamides is 1. The molecule has 1 aliphatic rings. The van der Waals surface area contributed by atoms with Crippen LogP contribution in [0, 0.1) is 17.2 Å². The molecule has 1 aromatic carbocycles. The lowest BCUT2D eigenvalue weighted by atomic mass is 9.82. The molecule has 1 saturated carbocycles. The smallest absolute Gasteiger partial charge is 0.214 e. The SMILES string of the molecule is CNS(=O)(=O)c1ccc(CC2CCC(F)(F)CC2)c(C#N)c1. The Kier molecular flexibility index (Phi) is 4.83. The van der Waals surface area contributed by atoms with Gasteiger partial charge < -0.3 is 0 Å². The molecule has 1 fully saturated rings. The van der Waals surface area contributed by atoms with Crippen molar-refractivity contribution in [2.45, 2.75) is 42.9 Å². The Bertz CT molecular complexity index is 686. The molecule has 0 spiro atoms. The maximum absolute atomic E-state index is 13.2. The Hall–Kier alpha value is -1.52. The molecule has 22 heavy (non-hydrogen) atoms. The Labute approximate surface area is 129 Å². The van der Waals surface area contributed by atoms with Crippen LogP contribution in [0.1, 0.15) is 36.8 Å². The van der Waals surface area contributed by atoms with Gasteiger partial charge in [0.05, 0.1) is 16.5 Å². The molecule has 0 bridgehead atoms. The number of alkyl halides is 2. The van der Waals surface area contributed by atoms with Gasteiger partial charge >= 0.3 is 0 Å². The Morgan fingerprint density at radius 1 is 1.36 bits per heavy atom. The van der Waals surface area contributed by atoms with Gasteiger partial charge in [0.1, 0.15) is 0 Å². The monoisotopic (exact) mass is 328 g/mol. The number of nitrogens with one attached hydrogen (secondary N) is 1. The van der Waals surface area contributed by atoms with E-state index in [-0.39, 0.29) is 29.2 Å². The van der Waals surface area contributed by atoms with Crippen molar-refractivity contribution in [3.8, 4) is 6.07 Å². The van der Waals surface area contributed by atoms with Gasteiger partial charge in [0, 0.05) is 12.8 Å². The van der Waals surface area contributed by atoms with Crippen LogP contribution in [0.25, 0.3) is 0 Å². The summed E-state index contributed by atoms with van der Waals surface area (Å²) in [6, 6.07) is 6.38. The molecule has 2 rings (SSSR count). The van der Waals surface area contributed by atoms with Gasteiger partial charge in [-0.25, -0.2) is 21.9 Å². The average molecular weight is 328 g/mol. The van der Waals surface area contributed by atoms with E-state index in [1.807, 2.05) is 6.07 Å². The summed E-state index contributed by atoms with van der Waals surface area (Å²) in [6.07, 6.45) is 1.14. The zero-order valence-corrected chi connectivity index (χ0v) is 13.1. The highest BCUT2D eigenvalue weighted by atomic mass is 32.2. The van der Waals surface area contributed by atoms with Crippen LogP contribution in [0.3, 0.4) is 0 Å². The third kappa shape index (κ3) is 3.81. The minimum absolute atomic E-state index is 0.0328. The zero-order valence-electron chi connectivity index (χ0n) is 12.3. The molecule has 0 atom stereocenters. The van der Waals surface area contributed by atoms with Gasteiger partial charge in [0.25, 0.3) is 0 Å². The van der Waals surface area contributed by atoms with E-state index in [0.29, 0.717) is 24.8 Å². The summed E-state index contributed by atoms with van der Waals surface area (Å²) in [4.78, 5) is 0.0328. The third-order valence-corrected chi connectivity index (χ3v) is 5.54. The second-order valence-corrected chi connectivity index (χ2v) is 7.53. The first-order valence-electron chi connectivity index (χ1n) is 7.12. The molecule has 0 radical (unpaired) electrons. The van der Waals surface area contributed by atoms with Crippen LogP contribution in [0.5, 0.6) is 0 Å². The lowest BCUT2D eigenvalue weighted by Gasteiger charge is -2.28. The first kappa shape index (κ1) is 16.8. The number of hydrogen-bond donors (Lipinski definition) is 1. The number of benzene rings is 1. The Balaban J connectivity index is 2.18. The molecule has 0 unspecified atom stereocenters. The Morgan fingerprint density at radius 2 is 2.00 bits per heavy atom. The van der Waals surface area contributed by atoms with Crippen LogP contribution in [0.4, 0.5) is 8.78 Å². The summed E-state index contributed by atoms with van der Waals surface area (Å²) in [5.41, 5.74) is 1.00. The molecule has 7 heteroatoms. The first-order chi connectivity index (χ1) is 10.3. The van der Waals surface area contributed by atoms with Crippen molar-refractivity contribution in [1.82, 2.24) is 4.72 Å². The van der Waals surface area contributed by atoms with Crippen LogP contribution in [-0.4, -0.2) is 21.4 Å². The van der Waals surface area contributed by atoms with E-state index in [1.54, 1.807) is 6.07 Å². The van der Waals surface area contributed by atoms with Gasteiger partial charge in [-0.2, -0.15) is 5.26 Å². The van der Waals surface area contributed by atoms with E-state index in [0.717, 1.165) is 0 Å². The number of halogens is 2. The standard InChI is InChI=1S/C15H18F2N2O2S/c1-19-22(20,21)14-3-2-12(13(9-14)10-18)8-11-4-6-15(16,17)7-5-11/h2-3,9,11,19H,4-8H2,1H3. The lowest BCUT2D eigenvalue weighted by molar-refractivity contribution is -0.0456. The molecule has 0 aliphatic heterocycles. The summed E-state index contributed by atoms with van der Waals surface area (Å²) >= 11 is 0. The molecule has 0 aromatic heterocycles. The molecule has 0 amide bonds. The maximum Gasteiger partial charge on any atom is 0.248 e. The van der Waals surface area contributed by atoms with Crippen molar-refractivity contribution in [2.75, 3.05) is 7.05 Å². The number of nitrogens with zero attached hydrogens (tertiary/aromatic N) is 1. The van der Waals surface area contributed by atoms with E-state index < -0.39 is 15.9 Å². The fourth-order valence-electron chi connectivity index (χ4n) is 2.74. The number of rotatable bonds is 4. The fourth-order valence-corrected chi connectivity index (χ4v) is 3.49. The largest absolute Gasteiger partial charge is 0.248 e. The summed E-state index contributed by atoms with van der Waals surface area (Å²) in [5, 5.41) is 9.21. The van der Waals surface area contributed by atoms with Gasteiger partial charge in [0.2, 0.25) is 15.9 Å². The molecular formula is C15H18F2N2O2S. The summed E-state index contributed by atoms with van der Waals surface area (Å²) in [6.45, 7) is 0. The third-order valence-electron chi connectivity index (χ3n) is 4.13. The minimum atomic E-state index is -3.60. The van der Waals surface area contributed by atoms with Crippen molar-refractivity contribution in [3.05, 3.63) is 29.3 Å². The fraction of sp³-hybridized carbons (Fsp3) is 0.533. The van der Waals surface area contributed by atoms with Crippen molar-refractivity contribution < 1.29 is 17.2 Å². The summed E-state index contributed by atoms with van der Waals surface area (Å²) in [7, 11) is -2.29.